The Hall–Kier alpha value is -1.59. The van der Waals surface area contributed by atoms with Crippen molar-refractivity contribution in [2.24, 2.45) is 5.73 Å². The Morgan fingerprint density at radius 3 is 2.79 bits per heavy atom. The average Bonchev–Trinajstić information content (AvgIpc) is 2.42. The van der Waals surface area contributed by atoms with E-state index in [0.717, 1.165) is 5.69 Å². The lowest BCUT2D eigenvalue weighted by Gasteiger charge is -2.26. The molecule has 0 spiro atoms. The molecule has 0 saturated carbocycles. The minimum atomic E-state index is -0.194. The summed E-state index contributed by atoms with van der Waals surface area (Å²) in [5.74, 6) is -0.194. The molecule has 102 valence electrons. The van der Waals surface area contributed by atoms with Crippen LogP contribution in [-0.4, -0.2) is 42.1 Å². The number of aromatic nitrogens is 1. The fraction of sp³-hybridized carbons (Fsp3) is 0.385. The average molecular weight is 282 g/mol. The zero-order valence-corrected chi connectivity index (χ0v) is 11.5. The quantitative estimate of drug-likeness (QED) is 0.653. The van der Waals surface area contributed by atoms with Gasteiger partial charge in [-0.25, -0.2) is 4.98 Å². The highest BCUT2D eigenvalue weighted by Crippen LogP contribution is 2.16. The third-order valence-electron chi connectivity index (χ3n) is 2.87. The summed E-state index contributed by atoms with van der Waals surface area (Å²) in [5.41, 5.74) is 7.46. The van der Waals surface area contributed by atoms with Crippen molar-refractivity contribution in [3.8, 4) is 0 Å². The number of hydrogen-bond acceptors (Lipinski definition) is 4. The van der Waals surface area contributed by atoms with E-state index in [1.807, 2.05) is 13.0 Å². The van der Waals surface area contributed by atoms with Gasteiger partial charge < -0.3 is 15.4 Å². The van der Waals surface area contributed by atoms with Crippen LogP contribution in [0, 0.1) is 6.92 Å². The fourth-order valence-electron chi connectivity index (χ4n) is 1.82. The SMILES string of the molecule is Cc1ccc(/C=C(\N)C(=O)N2CCOCC2)c(Cl)n1. The van der Waals surface area contributed by atoms with Crippen LogP contribution in [0.1, 0.15) is 11.3 Å². The van der Waals surface area contributed by atoms with Crippen LogP contribution >= 0.6 is 11.6 Å². The van der Waals surface area contributed by atoms with Gasteiger partial charge in [0.1, 0.15) is 5.15 Å². The maximum Gasteiger partial charge on any atom is 0.269 e. The molecule has 1 saturated heterocycles. The Bertz CT molecular complexity index is 511. The van der Waals surface area contributed by atoms with Crippen LogP contribution in [0.5, 0.6) is 0 Å². The molecule has 0 unspecified atom stereocenters. The summed E-state index contributed by atoms with van der Waals surface area (Å²) in [6.45, 7) is 4.07. The molecule has 2 heterocycles. The number of morpholine rings is 1. The number of ether oxygens (including phenoxy) is 1. The van der Waals surface area contributed by atoms with Crippen LogP contribution in [-0.2, 0) is 9.53 Å². The van der Waals surface area contributed by atoms with Crippen molar-refractivity contribution in [3.63, 3.8) is 0 Å². The van der Waals surface area contributed by atoms with Gasteiger partial charge in [0.2, 0.25) is 0 Å². The van der Waals surface area contributed by atoms with Crippen molar-refractivity contribution in [1.82, 2.24) is 9.88 Å². The van der Waals surface area contributed by atoms with E-state index in [1.54, 1.807) is 17.0 Å². The second-order valence-corrected chi connectivity index (χ2v) is 4.69. The van der Waals surface area contributed by atoms with Gasteiger partial charge in [-0.2, -0.15) is 0 Å². The lowest BCUT2D eigenvalue weighted by Crippen LogP contribution is -2.42. The Labute approximate surface area is 117 Å². The molecule has 2 N–H and O–H groups in total. The molecule has 1 fully saturated rings. The monoisotopic (exact) mass is 281 g/mol. The molecule has 0 aromatic carbocycles. The van der Waals surface area contributed by atoms with Crippen LogP contribution in [0.3, 0.4) is 0 Å². The minimum Gasteiger partial charge on any atom is -0.394 e. The maximum absolute atomic E-state index is 12.1. The van der Waals surface area contributed by atoms with Gasteiger partial charge >= 0.3 is 0 Å². The number of hydrogen-bond donors (Lipinski definition) is 1. The standard InChI is InChI=1S/C13H16ClN3O2/c1-9-2-3-10(12(14)16-9)8-11(15)13(18)17-4-6-19-7-5-17/h2-3,8H,4-7,15H2,1H3/b11-8-. The van der Waals surface area contributed by atoms with Crippen molar-refractivity contribution in [3.05, 3.63) is 34.2 Å². The fourth-order valence-corrected chi connectivity index (χ4v) is 2.07. The Kier molecular flexibility index (Phi) is 4.39. The van der Waals surface area contributed by atoms with E-state index in [0.29, 0.717) is 37.0 Å². The molecule has 1 aliphatic rings. The summed E-state index contributed by atoms with van der Waals surface area (Å²) >= 11 is 6.01. The number of nitrogens with two attached hydrogens (primary N) is 1. The molecule has 1 aromatic heterocycles. The normalized spacial score (nSPS) is 16.5. The summed E-state index contributed by atoms with van der Waals surface area (Å²) in [7, 11) is 0. The first-order valence-corrected chi connectivity index (χ1v) is 6.43. The number of carbonyl (C=O) groups excluding carboxylic acids is 1. The number of nitrogens with zero attached hydrogens (tertiary/aromatic N) is 2. The number of carbonyl (C=O) groups is 1. The number of halogens is 1. The van der Waals surface area contributed by atoms with Gasteiger partial charge in [-0.3, -0.25) is 4.79 Å². The molecule has 19 heavy (non-hydrogen) atoms. The molecule has 0 radical (unpaired) electrons. The van der Waals surface area contributed by atoms with Crippen LogP contribution in [0.4, 0.5) is 0 Å². The smallest absolute Gasteiger partial charge is 0.269 e. The molecule has 0 atom stereocenters. The zero-order valence-electron chi connectivity index (χ0n) is 10.7. The van der Waals surface area contributed by atoms with Crippen molar-refractivity contribution in [1.29, 1.82) is 0 Å². The van der Waals surface area contributed by atoms with Crippen LogP contribution in [0.25, 0.3) is 6.08 Å². The number of aryl methyl sites for hydroxylation is 1. The lowest BCUT2D eigenvalue weighted by atomic mass is 10.2. The lowest BCUT2D eigenvalue weighted by molar-refractivity contribution is -0.131. The van der Waals surface area contributed by atoms with E-state index in [4.69, 9.17) is 22.1 Å². The molecule has 6 heteroatoms. The topological polar surface area (TPSA) is 68.5 Å². The van der Waals surface area contributed by atoms with Gasteiger partial charge in [-0.1, -0.05) is 17.7 Å². The van der Waals surface area contributed by atoms with Crippen molar-refractivity contribution in [2.75, 3.05) is 26.3 Å². The molecule has 1 amide bonds. The minimum absolute atomic E-state index is 0.162. The predicted octanol–water partition coefficient (Wildman–Crippen LogP) is 1.20. The van der Waals surface area contributed by atoms with Crippen molar-refractivity contribution >= 4 is 23.6 Å². The van der Waals surface area contributed by atoms with Gasteiger partial charge in [-0.05, 0) is 19.1 Å². The van der Waals surface area contributed by atoms with Gasteiger partial charge in [0.05, 0.1) is 18.9 Å². The van der Waals surface area contributed by atoms with Gasteiger partial charge in [0.15, 0.2) is 0 Å². The second kappa shape index (κ2) is 6.04. The van der Waals surface area contributed by atoms with Crippen LogP contribution in [0.2, 0.25) is 5.15 Å². The highest BCUT2D eigenvalue weighted by molar-refractivity contribution is 6.31. The first-order chi connectivity index (χ1) is 9.08. The number of amides is 1. The Balaban J connectivity index is 2.15. The summed E-state index contributed by atoms with van der Waals surface area (Å²) in [6, 6.07) is 3.62. The van der Waals surface area contributed by atoms with Gasteiger partial charge in [0, 0.05) is 24.3 Å². The summed E-state index contributed by atoms with van der Waals surface area (Å²) in [6.07, 6.45) is 1.56. The van der Waals surface area contributed by atoms with E-state index in [1.165, 1.54) is 0 Å². The summed E-state index contributed by atoms with van der Waals surface area (Å²) in [5, 5.41) is 0.345. The summed E-state index contributed by atoms with van der Waals surface area (Å²) < 4.78 is 5.19. The van der Waals surface area contributed by atoms with E-state index in [2.05, 4.69) is 4.98 Å². The molecule has 0 bridgehead atoms. The molecule has 1 aliphatic heterocycles. The van der Waals surface area contributed by atoms with Gasteiger partial charge in [-0.15, -0.1) is 0 Å². The van der Waals surface area contributed by atoms with E-state index in [9.17, 15) is 4.79 Å². The van der Waals surface area contributed by atoms with E-state index < -0.39 is 0 Å². The highest BCUT2D eigenvalue weighted by Gasteiger charge is 2.18. The summed E-state index contributed by atoms with van der Waals surface area (Å²) in [4.78, 5) is 17.9. The maximum atomic E-state index is 12.1. The van der Waals surface area contributed by atoms with Crippen LogP contribution in [0.15, 0.2) is 17.8 Å². The molecular weight excluding hydrogens is 266 g/mol. The second-order valence-electron chi connectivity index (χ2n) is 4.34. The Morgan fingerprint density at radius 1 is 1.47 bits per heavy atom. The number of rotatable bonds is 2. The highest BCUT2D eigenvalue weighted by atomic mass is 35.5. The van der Waals surface area contributed by atoms with Crippen LogP contribution < -0.4 is 5.73 Å². The van der Waals surface area contributed by atoms with E-state index >= 15 is 0 Å². The molecular formula is C13H16ClN3O2. The molecule has 1 aromatic rings. The third kappa shape index (κ3) is 3.45. The molecule has 2 rings (SSSR count). The first kappa shape index (κ1) is 13.8. The first-order valence-electron chi connectivity index (χ1n) is 6.05. The zero-order chi connectivity index (χ0) is 13.8. The third-order valence-corrected chi connectivity index (χ3v) is 3.18. The largest absolute Gasteiger partial charge is 0.394 e. The van der Waals surface area contributed by atoms with Crippen molar-refractivity contribution < 1.29 is 9.53 Å². The molecule has 0 aliphatic carbocycles. The van der Waals surface area contributed by atoms with Gasteiger partial charge in [0.25, 0.3) is 5.91 Å². The molecule has 5 nitrogen and oxygen atoms in total. The number of pyridine rings is 1. The van der Waals surface area contributed by atoms with Crippen molar-refractivity contribution in [2.45, 2.75) is 6.92 Å². The predicted molar refractivity (Wildman–Crippen MR) is 73.5 cm³/mol. The Morgan fingerprint density at radius 2 is 2.16 bits per heavy atom. The van der Waals surface area contributed by atoms with E-state index in [-0.39, 0.29) is 11.6 Å².